The van der Waals surface area contributed by atoms with Crippen LogP contribution in [0.1, 0.15) is 23.3 Å². The summed E-state index contributed by atoms with van der Waals surface area (Å²) in [5.41, 5.74) is 3.42. The van der Waals surface area contributed by atoms with Crippen LogP contribution in [0.4, 0.5) is 5.13 Å². The predicted octanol–water partition coefficient (Wildman–Crippen LogP) is 4.14. The second-order valence-electron chi connectivity index (χ2n) is 4.68. The maximum Gasteiger partial charge on any atom is 0.202 e. The third kappa shape index (κ3) is 3.46. The van der Waals surface area contributed by atoms with Gasteiger partial charge >= 0.3 is 0 Å². The molecule has 3 rings (SSSR count). The van der Waals surface area contributed by atoms with Crippen LogP contribution in [0.5, 0.6) is 0 Å². The number of thiazole rings is 1. The van der Waals surface area contributed by atoms with Gasteiger partial charge in [0.15, 0.2) is 0 Å². The van der Waals surface area contributed by atoms with Gasteiger partial charge in [-0.15, -0.1) is 11.3 Å². The smallest absolute Gasteiger partial charge is 0.202 e. The average Bonchev–Trinajstić information content (AvgIpc) is 3.14. The number of hydrogen-bond acceptors (Lipinski definition) is 6. The minimum Gasteiger partial charge on any atom is -0.356 e. The first-order chi connectivity index (χ1) is 10.2. The fourth-order valence-electron chi connectivity index (χ4n) is 1.98. The zero-order valence-electron chi connectivity index (χ0n) is 12.0. The Bertz CT molecular complexity index is 733. The lowest BCUT2D eigenvalue weighted by Crippen LogP contribution is -1.99. The van der Waals surface area contributed by atoms with Crippen molar-refractivity contribution in [2.75, 3.05) is 5.32 Å². The second kappa shape index (κ2) is 6.32. The molecule has 0 aliphatic carbocycles. The first-order valence-electron chi connectivity index (χ1n) is 6.82. The zero-order chi connectivity index (χ0) is 14.7. The van der Waals surface area contributed by atoms with Crippen LogP contribution >= 0.6 is 22.9 Å². The Morgan fingerprint density at radius 2 is 2.14 bits per heavy atom. The van der Waals surface area contributed by atoms with Crippen LogP contribution in [-0.2, 0) is 13.0 Å². The summed E-state index contributed by atoms with van der Waals surface area (Å²) in [7, 11) is 0. The molecule has 0 amide bonds. The molecule has 108 valence electrons. The lowest BCUT2D eigenvalue weighted by Gasteiger charge is -2.04. The molecule has 6 heteroatoms. The fraction of sp³-hybridized carbons (Fsp3) is 0.267. The molecule has 2 heterocycles. The van der Waals surface area contributed by atoms with Crippen LogP contribution in [-0.4, -0.2) is 14.3 Å². The van der Waals surface area contributed by atoms with E-state index in [0.29, 0.717) is 0 Å². The van der Waals surface area contributed by atoms with Crippen LogP contribution in [0, 0.1) is 6.92 Å². The molecule has 1 aromatic carbocycles. The third-order valence-electron chi connectivity index (χ3n) is 3.07. The van der Waals surface area contributed by atoms with Crippen molar-refractivity contribution in [2.24, 2.45) is 0 Å². The van der Waals surface area contributed by atoms with Crippen molar-refractivity contribution in [3.63, 3.8) is 0 Å². The number of rotatable bonds is 5. The van der Waals surface area contributed by atoms with E-state index in [-0.39, 0.29) is 0 Å². The van der Waals surface area contributed by atoms with Gasteiger partial charge in [-0.1, -0.05) is 25.1 Å². The highest BCUT2D eigenvalue weighted by Gasteiger charge is 2.05. The molecular weight excluding hydrogens is 300 g/mol. The number of hydrogen-bond donors (Lipinski definition) is 1. The van der Waals surface area contributed by atoms with Crippen LogP contribution in [0.3, 0.4) is 0 Å². The van der Waals surface area contributed by atoms with Crippen molar-refractivity contribution in [1.29, 1.82) is 0 Å². The Hall–Kier alpha value is -1.79. The van der Waals surface area contributed by atoms with Gasteiger partial charge in [-0.05, 0) is 18.6 Å². The lowest BCUT2D eigenvalue weighted by atomic mass is 10.1. The number of nitrogens with zero attached hydrogens (tertiary/aromatic N) is 3. The first kappa shape index (κ1) is 14.2. The Morgan fingerprint density at radius 3 is 2.86 bits per heavy atom. The third-order valence-corrected chi connectivity index (χ3v) is 4.55. The summed E-state index contributed by atoms with van der Waals surface area (Å²) in [4.78, 5) is 8.95. The quantitative estimate of drug-likeness (QED) is 0.768. The average molecular weight is 316 g/mol. The largest absolute Gasteiger partial charge is 0.356 e. The van der Waals surface area contributed by atoms with Crippen molar-refractivity contribution >= 4 is 28.0 Å². The van der Waals surface area contributed by atoms with Crippen LogP contribution < -0.4 is 5.32 Å². The summed E-state index contributed by atoms with van der Waals surface area (Å²) in [5, 5.41) is 7.39. The van der Waals surface area contributed by atoms with E-state index in [4.69, 9.17) is 0 Å². The summed E-state index contributed by atoms with van der Waals surface area (Å²) in [6, 6.07) is 8.44. The number of aromatic nitrogens is 3. The molecule has 1 N–H and O–H groups in total. The second-order valence-corrected chi connectivity index (χ2v) is 6.49. The minimum atomic E-state index is 0.745. The Kier molecular flexibility index (Phi) is 4.26. The van der Waals surface area contributed by atoms with Crippen molar-refractivity contribution in [2.45, 2.75) is 26.8 Å². The molecule has 0 aliphatic heterocycles. The van der Waals surface area contributed by atoms with E-state index >= 15 is 0 Å². The van der Waals surface area contributed by atoms with Gasteiger partial charge in [-0.3, -0.25) is 0 Å². The topological polar surface area (TPSA) is 50.7 Å². The maximum atomic E-state index is 4.53. The van der Waals surface area contributed by atoms with E-state index in [1.165, 1.54) is 17.1 Å². The fourth-order valence-corrected chi connectivity index (χ4v) is 3.25. The SMILES string of the molecule is CCc1nsc(NCc2cccc(-c3csc(C)n3)c2)n1. The highest BCUT2D eigenvalue weighted by molar-refractivity contribution is 7.10. The van der Waals surface area contributed by atoms with E-state index in [2.05, 4.69) is 56.2 Å². The molecule has 0 saturated heterocycles. The van der Waals surface area contributed by atoms with Gasteiger partial charge in [0, 0.05) is 35.4 Å². The van der Waals surface area contributed by atoms with E-state index in [1.807, 2.05) is 6.92 Å². The van der Waals surface area contributed by atoms with Gasteiger partial charge in [0.05, 0.1) is 10.7 Å². The highest BCUT2D eigenvalue weighted by Crippen LogP contribution is 2.23. The van der Waals surface area contributed by atoms with Crippen LogP contribution in [0.15, 0.2) is 29.6 Å². The molecule has 21 heavy (non-hydrogen) atoms. The summed E-state index contributed by atoms with van der Waals surface area (Å²) in [6.07, 6.45) is 0.872. The van der Waals surface area contributed by atoms with E-state index in [9.17, 15) is 0 Å². The van der Waals surface area contributed by atoms with E-state index < -0.39 is 0 Å². The standard InChI is InChI=1S/C15H16N4S2/c1-3-14-18-15(21-19-14)16-8-11-5-4-6-12(7-11)13-9-20-10(2)17-13/h4-7,9H,3,8H2,1-2H3,(H,16,18,19). The molecule has 0 aliphatic rings. The molecule has 0 atom stereocenters. The molecule has 2 aromatic heterocycles. The van der Waals surface area contributed by atoms with E-state index in [1.54, 1.807) is 11.3 Å². The normalized spacial score (nSPS) is 10.8. The highest BCUT2D eigenvalue weighted by atomic mass is 32.1. The molecule has 0 radical (unpaired) electrons. The number of benzene rings is 1. The van der Waals surface area contributed by atoms with E-state index in [0.717, 1.165) is 40.2 Å². The summed E-state index contributed by atoms with van der Waals surface area (Å²) in [6.45, 7) is 4.83. The van der Waals surface area contributed by atoms with Crippen molar-refractivity contribution in [3.8, 4) is 11.3 Å². The maximum absolute atomic E-state index is 4.53. The van der Waals surface area contributed by atoms with Crippen molar-refractivity contribution < 1.29 is 0 Å². The molecule has 0 fully saturated rings. The van der Waals surface area contributed by atoms with Gasteiger partial charge in [0.25, 0.3) is 0 Å². The van der Waals surface area contributed by atoms with Gasteiger partial charge in [-0.25, -0.2) is 9.97 Å². The Balaban J connectivity index is 1.71. The zero-order valence-corrected chi connectivity index (χ0v) is 13.6. The summed E-state index contributed by atoms with van der Waals surface area (Å²) >= 11 is 3.09. The molecule has 0 bridgehead atoms. The van der Waals surface area contributed by atoms with Gasteiger partial charge < -0.3 is 5.32 Å². The summed E-state index contributed by atoms with van der Waals surface area (Å²) in [5.74, 6) is 0.897. The number of aryl methyl sites for hydroxylation is 2. The molecule has 0 saturated carbocycles. The van der Waals surface area contributed by atoms with Crippen LogP contribution in [0.2, 0.25) is 0 Å². The molecule has 0 unspecified atom stereocenters. The molecular formula is C15H16N4S2. The predicted molar refractivity (Wildman–Crippen MR) is 88.9 cm³/mol. The lowest BCUT2D eigenvalue weighted by molar-refractivity contribution is 0.993. The monoisotopic (exact) mass is 316 g/mol. The molecule has 4 nitrogen and oxygen atoms in total. The van der Waals surface area contributed by atoms with Gasteiger partial charge in [0.1, 0.15) is 5.82 Å². The molecule has 3 aromatic rings. The molecule has 0 spiro atoms. The minimum absolute atomic E-state index is 0.745. The summed E-state index contributed by atoms with van der Waals surface area (Å²) < 4.78 is 4.27. The number of anilines is 1. The van der Waals surface area contributed by atoms with Crippen molar-refractivity contribution in [1.82, 2.24) is 14.3 Å². The van der Waals surface area contributed by atoms with Crippen LogP contribution in [0.25, 0.3) is 11.3 Å². The van der Waals surface area contributed by atoms with Crippen molar-refractivity contribution in [3.05, 3.63) is 46.0 Å². The first-order valence-corrected chi connectivity index (χ1v) is 8.48. The van der Waals surface area contributed by atoms with Gasteiger partial charge in [0.2, 0.25) is 5.13 Å². The Morgan fingerprint density at radius 1 is 1.24 bits per heavy atom. The van der Waals surface area contributed by atoms with Gasteiger partial charge in [-0.2, -0.15) is 4.37 Å². The number of nitrogens with one attached hydrogen (secondary N) is 1. The Labute approximate surface area is 132 Å².